The Bertz CT molecular complexity index is 1450. The first-order chi connectivity index (χ1) is 18.0. The van der Waals surface area contributed by atoms with Crippen LogP contribution in [-0.4, -0.2) is 49.7 Å². The van der Waals surface area contributed by atoms with Crippen molar-refractivity contribution in [2.24, 2.45) is 0 Å². The Kier molecular flexibility index (Phi) is 6.35. The quantitative estimate of drug-likeness (QED) is 0.462. The molecule has 0 bridgehead atoms. The van der Waals surface area contributed by atoms with Crippen molar-refractivity contribution in [2.75, 3.05) is 0 Å². The van der Waals surface area contributed by atoms with E-state index in [2.05, 4.69) is 15.5 Å². The number of aromatic nitrogens is 2. The molecule has 38 heavy (non-hydrogen) atoms. The highest BCUT2D eigenvalue weighted by molar-refractivity contribution is 5.99. The monoisotopic (exact) mass is 516 g/mol. The molecule has 0 radical (unpaired) electrons. The molecule has 3 atom stereocenters. The maximum absolute atomic E-state index is 13.7. The molecule has 0 spiro atoms. The van der Waals surface area contributed by atoms with Crippen molar-refractivity contribution in [1.82, 2.24) is 20.4 Å². The van der Waals surface area contributed by atoms with E-state index in [-0.39, 0.29) is 23.6 Å². The van der Waals surface area contributed by atoms with Gasteiger partial charge in [-0.3, -0.25) is 14.4 Å². The number of aromatic amines is 1. The lowest BCUT2D eigenvalue weighted by Gasteiger charge is -2.39. The van der Waals surface area contributed by atoms with Crippen molar-refractivity contribution in [3.05, 3.63) is 87.3 Å². The maximum Gasteiger partial charge on any atom is 0.307 e. The SMILES string of the molecule is Cc1cc(Oc2ccc(C(=O)N[C@H]3C[C@@]4(c5ccccc5)CC[C@H](C(C)(C)O)N4C3=O)cc2C)c(=O)[nH]n1. The summed E-state index contributed by atoms with van der Waals surface area (Å²) in [7, 11) is 0. The molecular formula is C29H32N4O5. The van der Waals surface area contributed by atoms with Gasteiger partial charge in [0.15, 0.2) is 5.75 Å². The average Bonchev–Trinajstić information content (AvgIpc) is 3.39. The first-order valence-corrected chi connectivity index (χ1v) is 12.8. The van der Waals surface area contributed by atoms with Gasteiger partial charge >= 0.3 is 5.56 Å². The molecule has 2 aliphatic rings. The van der Waals surface area contributed by atoms with Crippen molar-refractivity contribution >= 4 is 11.8 Å². The van der Waals surface area contributed by atoms with E-state index in [0.717, 1.165) is 5.56 Å². The summed E-state index contributed by atoms with van der Waals surface area (Å²) in [5, 5.41) is 20.0. The van der Waals surface area contributed by atoms with Crippen LogP contribution in [-0.2, 0) is 10.3 Å². The van der Waals surface area contributed by atoms with E-state index in [0.29, 0.717) is 41.8 Å². The zero-order chi connectivity index (χ0) is 27.2. The highest BCUT2D eigenvalue weighted by atomic mass is 16.5. The molecule has 3 N–H and O–H groups in total. The van der Waals surface area contributed by atoms with E-state index in [9.17, 15) is 19.5 Å². The number of ether oxygens (including phenoxy) is 1. The molecule has 9 nitrogen and oxygen atoms in total. The van der Waals surface area contributed by atoms with Crippen molar-refractivity contribution in [1.29, 1.82) is 0 Å². The van der Waals surface area contributed by atoms with Gasteiger partial charge < -0.3 is 20.1 Å². The molecule has 0 aliphatic carbocycles. The fourth-order valence-electron chi connectivity index (χ4n) is 5.84. The van der Waals surface area contributed by atoms with Gasteiger partial charge in [-0.05, 0) is 69.9 Å². The molecule has 3 aromatic rings. The topological polar surface area (TPSA) is 125 Å². The molecule has 9 heteroatoms. The lowest BCUT2D eigenvalue weighted by Crippen LogP contribution is -2.53. The van der Waals surface area contributed by atoms with Gasteiger partial charge in [-0.25, -0.2) is 5.10 Å². The smallest absolute Gasteiger partial charge is 0.307 e. The number of aryl methyl sites for hydroxylation is 2. The summed E-state index contributed by atoms with van der Waals surface area (Å²) in [6, 6.07) is 15.2. The number of carbonyl (C=O) groups excluding carboxylic acids is 2. The van der Waals surface area contributed by atoms with Crippen molar-refractivity contribution < 1.29 is 19.4 Å². The molecule has 198 valence electrons. The third-order valence-corrected chi connectivity index (χ3v) is 7.67. The number of hydrogen-bond donors (Lipinski definition) is 3. The van der Waals surface area contributed by atoms with Gasteiger partial charge in [0.05, 0.1) is 22.9 Å². The number of carbonyl (C=O) groups is 2. The summed E-state index contributed by atoms with van der Waals surface area (Å²) in [5.74, 6) is -0.00983. The van der Waals surface area contributed by atoms with Crippen LogP contribution in [0.1, 0.15) is 60.3 Å². The van der Waals surface area contributed by atoms with Crippen LogP contribution in [0.4, 0.5) is 0 Å². The Hall–Kier alpha value is -3.98. The van der Waals surface area contributed by atoms with E-state index in [1.165, 1.54) is 0 Å². The molecule has 2 saturated heterocycles. The van der Waals surface area contributed by atoms with Gasteiger partial charge in [0.2, 0.25) is 5.91 Å². The summed E-state index contributed by atoms with van der Waals surface area (Å²) in [6.45, 7) is 6.98. The van der Waals surface area contributed by atoms with Crippen LogP contribution in [0.25, 0.3) is 0 Å². The maximum atomic E-state index is 13.7. The number of amides is 2. The van der Waals surface area contributed by atoms with Crippen molar-refractivity contribution in [2.45, 2.75) is 70.2 Å². The molecule has 3 heterocycles. The van der Waals surface area contributed by atoms with Crippen LogP contribution >= 0.6 is 0 Å². The fraction of sp³-hybridized carbons (Fsp3) is 0.379. The molecular weight excluding hydrogens is 484 g/mol. The summed E-state index contributed by atoms with van der Waals surface area (Å²) in [5.41, 5.74) is 0.548. The average molecular weight is 517 g/mol. The van der Waals surface area contributed by atoms with Crippen LogP contribution in [0, 0.1) is 13.8 Å². The van der Waals surface area contributed by atoms with Gasteiger partial charge in [-0.2, -0.15) is 5.10 Å². The van der Waals surface area contributed by atoms with Gasteiger partial charge in [-0.1, -0.05) is 30.3 Å². The standard InChI is InChI=1S/C29H32N4O5/c1-17-14-19(10-11-22(17)38-23-15-18(2)31-32-26(23)35)25(34)30-21-16-29(20-8-6-5-7-9-20)13-12-24(28(3,4)37)33(29)27(21)36/h5-11,14-15,21,24,37H,12-13,16H2,1-4H3,(H,30,34)(H,32,35)/t21-,24+,29+/m0/s1. The van der Waals surface area contributed by atoms with Gasteiger partial charge in [0.1, 0.15) is 11.8 Å². The summed E-state index contributed by atoms with van der Waals surface area (Å²) < 4.78 is 5.76. The van der Waals surface area contributed by atoms with E-state index in [1.54, 1.807) is 52.0 Å². The Morgan fingerprint density at radius 1 is 1.13 bits per heavy atom. The predicted molar refractivity (Wildman–Crippen MR) is 141 cm³/mol. The molecule has 2 fully saturated rings. The largest absolute Gasteiger partial charge is 0.451 e. The highest BCUT2D eigenvalue weighted by Gasteiger charge is 2.60. The number of aliphatic hydroxyl groups is 1. The minimum Gasteiger partial charge on any atom is -0.451 e. The Morgan fingerprint density at radius 2 is 1.87 bits per heavy atom. The first kappa shape index (κ1) is 25.7. The summed E-state index contributed by atoms with van der Waals surface area (Å²) >= 11 is 0. The summed E-state index contributed by atoms with van der Waals surface area (Å²) in [6.07, 6.45) is 1.83. The number of fused-ring (bicyclic) bond motifs is 1. The van der Waals surface area contributed by atoms with Crippen molar-refractivity contribution in [3.8, 4) is 11.5 Å². The van der Waals surface area contributed by atoms with Crippen LogP contribution in [0.5, 0.6) is 11.5 Å². The third kappa shape index (κ3) is 4.47. The number of rotatable bonds is 6. The second-order valence-corrected chi connectivity index (χ2v) is 10.8. The number of H-pyrrole nitrogens is 1. The third-order valence-electron chi connectivity index (χ3n) is 7.67. The molecule has 5 rings (SSSR count). The second kappa shape index (κ2) is 9.40. The van der Waals surface area contributed by atoms with Gasteiger partial charge in [-0.15, -0.1) is 0 Å². The number of hydrogen-bond acceptors (Lipinski definition) is 6. The lowest BCUT2D eigenvalue weighted by molar-refractivity contribution is -0.138. The van der Waals surface area contributed by atoms with E-state index in [4.69, 9.17) is 4.74 Å². The molecule has 0 saturated carbocycles. The molecule has 1 aromatic heterocycles. The number of nitrogens with zero attached hydrogens (tertiary/aromatic N) is 2. The minimum atomic E-state index is -1.08. The lowest BCUT2D eigenvalue weighted by atomic mass is 9.85. The molecule has 2 aromatic carbocycles. The number of benzene rings is 2. The minimum absolute atomic E-state index is 0.113. The number of nitrogens with one attached hydrogen (secondary N) is 2. The Labute approximate surface area is 220 Å². The zero-order valence-corrected chi connectivity index (χ0v) is 21.9. The molecule has 2 aliphatic heterocycles. The van der Waals surface area contributed by atoms with Crippen molar-refractivity contribution in [3.63, 3.8) is 0 Å². The van der Waals surface area contributed by atoms with E-state index in [1.807, 2.05) is 35.2 Å². The van der Waals surface area contributed by atoms with Crippen LogP contribution in [0.15, 0.2) is 59.4 Å². The van der Waals surface area contributed by atoms with Gasteiger partial charge in [0, 0.05) is 18.1 Å². The second-order valence-electron chi connectivity index (χ2n) is 10.8. The van der Waals surface area contributed by atoms with E-state index < -0.39 is 22.7 Å². The Balaban J connectivity index is 1.38. The highest BCUT2D eigenvalue weighted by Crippen LogP contribution is 2.52. The zero-order valence-electron chi connectivity index (χ0n) is 21.9. The first-order valence-electron chi connectivity index (χ1n) is 12.8. The fourth-order valence-corrected chi connectivity index (χ4v) is 5.84. The molecule has 2 amide bonds. The van der Waals surface area contributed by atoms with Gasteiger partial charge in [0.25, 0.3) is 5.91 Å². The normalized spacial score (nSPS) is 22.9. The summed E-state index contributed by atoms with van der Waals surface area (Å²) in [4.78, 5) is 40.8. The van der Waals surface area contributed by atoms with Crippen LogP contribution in [0.2, 0.25) is 0 Å². The van der Waals surface area contributed by atoms with E-state index >= 15 is 0 Å². The molecule has 0 unspecified atom stereocenters. The van der Waals surface area contributed by atoms with Crippen LogP contribution in [0.3, 0.4) is 0 Å². The predicted octanol–water partition coefficient (Wildman–Crippen LogP) is 3.34. The van der Waals surface area contributed by atoms with Crippen LogP contribution < -0.4 is 15.6 Å². The Morgan fingerprint density at radius 3 is 2.55 bits per heavy atom.